The minimum absolute atomic E-state index is 0.454. The zero-order chi connectivity index (χ0) is 10.9. The summed E-state index contributed by atoms with van der Waals surface area (Å²) in [6, 6.07) is 11.0. The average Bonchev–Trinajstić information content (AvgIpc) is 2.30. The zero-order valence-corrected chi connectivity index (χ0v) is 9.58. The first-order valence-corrected chi connectivity index (χ1v) is 5.74. The van der Waals surface area contributed by atoms with Crippen molar-refractivity contribution in [1.29, 1.82) is 0 Å². The quantitative estimate of drug-likeness (QED) is 0.526. The van der Waals surface area contributed by atoms with E-state index in [2.05, 4.69) is 49.2 Å². The Morgan fingerprint density at radius 3 is 2.67 bits per heavy atom. The largest absolute Gasteiger partial charge is 0.310 e. The molecular formula is C14H21N. The van der Waals surface area contributed by atoms with Gasteiger partial charge in [-0.25, -0.2) is 0 Å². The van der Waals surface area contributed by atoms with E-state index in [1.54, 1.807) is 0 Å². The lowest BCUT2D eigenvalue weighted by atomic mass is 10.1. The second kappa shape index (κ2) is 7.24. The van der Waals surface area contributed by atoms with Gasteiger partial charge in [0.1, 0.15) is 0 Å². The van der Waals surface area contributed by atoms with Crippen molar-refractivity contribution >= 4 is 0 Å². The van der Waals surface area contributed by atoms with E-state index < -0.39 is 0 Å². The lowest BCUT2D eigenvalue weighted by molar-refractivity contribution is 0.548. The van der Waals surface area contributed by atoms with Crippen LogP contribution < -0.4 is 5.32 Å². The highest BCUT2D eigenvalue weighted by Gasteiger charge is 2.01. The molecule has 1 aromatic rings. The van der Waals surface area contributed by atoms with Crippen LogP contribution in [0.1, 0.15) is 37.8 Å². The van der Waals surface area contributed by atoms with E-state index in [9.17, 15) is 0 Å². The summed E-state index contributed by atoms with van der Waals surface area (Å²) >= 11 is 0. The third-order valence-electron chi connectivity index (χ3n) is 2.59. The number of benzene rings is 1. The molecule has 0 unspecified atom stereocenters. The van der Waals surface area contributed by atoms with Crippen LogP contribution >= 0.6 is 0 Å². The molecule has 1 N–H and O–H groups in total. The van der Waals surface area contributed by atoms with Gasteiger partial charge in [-0.15, -0.1) is 6.58 Å². The van der Waals surface area contributed by atoms with E-state index in [0.717, 1.165) is 13.0 Å². The molecular weight excluding hydrogens is 182 g/mol. The fourth-order valence-electron chi connectivity index (χ4n) is 1.59. The molecule has 0 aromatic heterocycles. The van der Waals surface area contributed by atoms with Gasteiger partial charge in [0, 0.05) is 6.04 Å². The molecule has 0 saturated heterocycles. The molecule has 1 atom stereocenters. The summed E-state index contributed by atoms with van der Waals surface area (Å²) in [6.45, 7) is 7.02. The molecule has 15 heavy (non-hydrogen) atoms. The van der Waals surface area contributed by atoms with Crippen LogP contribution in [0, 0.1) is 0 Å². The van der Waals surface area contributed by atoms with E-state index in [0.29, 0.717) is 6.04 Å². The van der Waals surface area contributed by atoms with Gasteiger partial charge in [0.25, 0.3) is 0 Å². The van der Waals surface area contributed by atoms with Gasteiger partial charge in [0.05, 0.1) is 0 Å². The van der Waals surface area contributed by atoms with Gasteiger partial charge in [-0.2, -0.15) is 0 Å². The fourth-order valence-corrected chi connectivity index (χ4v) is 1.59. The van der Waals surface area contributed by atoms with Gasteiger partial charge < -0.3 is 5.32 Å². The van der Waals surface area contributed by atoms with Gasteiger partial charge in [-0.3, -0.25) is 0 Å². The summed E-state index contributed by atoms with van der Waals surface area (Å²) in [5.41, 5.74) is 1.36. The molecule has 1 heteroatoms. The smallest absolute Gasteiger partial charge is 0.0291 e. The number of hydrogen-bond acceptors (Lipinski definition) is 1. The third kappa shape index (κ3) is 4.80. The summed E-state index contributed by atoms with van der Waals surface area (Å²) in [7, 11) is 0. The lowest BCUT2D eigenvalue weighted by Gasteiger charge is -2.13. The summed E-state index contributed by atoms with van der Waals surface area (Å²) in [5, 5.41) is 3.52. The number of rotatable bonds is 7. The van der Waals surface area contributed by atoms with E-state index in [4.69, 9.17) is 0 Å². The molecule has 0 fully saturated rings. The standard InChI is InChI=1S/C14H21N/c1-3-4-5-9-12-15-13(2)14-10-7-6-8-11-14/h3,6-8,10-11,13,15H,1,4-5,9,12H2,2H3/t13-/m0/s1. The topological polar surface area (TPSA) is 12.0 Å². The van der Waals surface area contributed by atoms with Crippen LogP contribution in [-0.2, 0) is 0 Å². The second-order valence-corrected chi connectivity index (χ2v) is 3.87. The summed E-state index contributed by atoms with van der Waals surface area (Å²) in [6.07, 6.45) is 5.57. The Bertz CT molecular complexity index is 266. The summed E-state index contributed by atoms with van der Waals surface area (Å²) in [4.78, 5) is 0. The van der Waals surface area contributed by atoms with Gasteiger partial charge >= 0.3 is 0 Å². The minimum atomic E-state index is 0.454. The highest BCUT2D eigenvalue weighted by Crippen LogP contribution is 2.10. The maximum absolute atomic E-state index is 3.72. The molecule has 82 valence electrons. The fraction of sp³-hybridized carbons (Fsp3) is 0.429. The molecule has 0 radical (unpaired) electrons. The van der Waals surface area contributed by atoms with Gasteiger partial charge in [0.15, 0.2) is 0 Å². The van der Waals surface area contributed by atoms with Crippen molar-refractivity contribution in [3.8, 4) is 0 Å². The predicted octanol–water partition coefficient (Wildman–Crippen LogP) is 3.69. The van der Waals surface area contributed by atoms with Crippen molar-refractivity contribution < 1.29 is 0 Å². The second-order valence-electron chi connectivity index (χ2n) is 3.87. The Labute approximate surface area is 93.2 Å². The van der Waals surface area contributed by atoms with Gasteiger partial charge in [0.2, 0.25) is 0 Å². The lowest BCUT2D eigenvalue weighted by Crippen LogP contribution is -2.19. The van der Waals surface area contributed by atoms with Crippen molar-refractivity contribution in [3.05, 3.63) is 48.6 Å². The molecule has 1 aromatic carbocycles. The first-order valence-electron chi connectivity index (χ1n) is 5.74. The van der Waals surface area contributed by atoms with Crippen LogP contribution in [0.5, 0.6) is 0 Å². The first-order chi connectivity index (χ1) is 7.34. The van der Waals surface area contributed by atoms with Crippen LogP contribution in [-0.4, -0.2) is 6.54 Å². The Hall–Kier alpha value is -1.08. The van der Waals surface area contributed by atoms with Crippen molar-refractivity contribution in [2.45, 2.75) is 32.2 Å². The molecule has 0 spiro atoms. The van der Waals surface area contributed by atoms with E-state index in [1.807, 2.05) is 6.08 Å². The maximum atomic E-state index is 3.72. The highest BCUT2D eigenvalue weighted by atomic mass is 14.9. The number of hydrogen-bond donors (Lipinski definition) is 1. The predicted molar refractivity (Wildman–Crippen MR) is 66.9 cm³/mol. The molecule has 0 heterocycles. The van der Waals surface area contributed by atoms with Gasteiger partial charge in [-0.1, -0.05) is 36.4 Å². The molecule has 1 nitrogen and oxygen atoms in total. The third-order valence-corrected chi connectivity index (χ3v) is 2.59. The molecule has 1 rings (SSSR count). The van der Waals surface area contributed by atoms with Crippen molar-refractivity contribution in [3.63, 3.8) is 0 Å². The zero-order valence-electron chi connectivity index (χ0n) is 9.58. The molecule has 0 aliphatic rings. The number of allylic oxidation sites excluding steroid dienone is 1. The molecule has 0 amide bonds. The Balaban J connectivity index is 2.19. The van der Waals surface area contributed by atoms with Crippen LogP contribution in [0.15, 0.2) is 43.0 Å². The molecule has 0 bridgehead atoms. The van der Waals surface area contributed by atoms with Gasteiger partial charge in [-0.05, 0) is 38.3 Å². The van der Waals surface area contributed by atoms with Crippen LogP contribution in [0.25, 0.3) is 0 Å². The summed E-state index contributed by atoms with van der Waals surface area (Å²) in [5.74, 6) is 0. The van der Waals surface area contributed by atoms with Crippen molar-refractivity contribution in [1.82, 2.24) is 5.32 Å². The van der Waals surface area contributed by atoms with Crippen LogP contribution in [0.4, 0.5) is 0 Å². The first kappa shape index (κ1) is 12.0. The van der Waals surface area contributed by atoms with Crippen molar-refractivity contribution in [2.75, 3.05) is 6.54 Å². The van der Waals surface area contributed by atoms with Crippen LogP contribution in [0.2, 0.25) is 0 Å². The molecule has 0 saturated carbocycles. The normalized spacial score (nSPS) is 12.3. The van der Waals surface area contributed by atoms with E-state index >= 15 is 0 Å². The summed E-state index contributed by atoms with van der Waals surface area (Å²) < 4.78 is 0. The van der Waals surface area contributed by atoms with Crippen molar-refractivity contribution in [2.24, 2.45) is 0 Å². The Morgan fingerprint density at radius 1 is 1.27 bits per heavy atom. The monoisotopic (exact) mass is 203 g/mol. The average molecular weight is 203 g/mol. The maximum Gasteiger partial charge on any atom is 0.0291 e. The Morgan fingerprint density at radius 2 is 2.00 bits per heavy atom. The SMILES string of the molecule is C=CCCCCN[C@@H](C)c1ccccc1. The van der Waals surface area contributed by atoms with E-state index in [-0.39, 0.29) is 0 Å². The highest BCUT2D eigenvalue weighted by molar-refractivity contribution is 5.17. The Kier molecular flexibility index (Phi) is 5.79. The molecule has 0 aliphatic carbocycles. The van der Waals surface area contributed by atoms with Crippen LogP contribution in [0.3, 0.4) is 0 Å². The van der Waals surface area contributed by atoms with E-state index in [1.165, 1.54) is 18.4 Å². The number of nitrogens with one attached hydrogen (secondary N) is 1. The molecule has 0 aliphatic heterocycles. The minimum Gasteiger partial charge on any atom is -0.310 e. The number of unbranched alkanes of at least 4 members (excludes halogenated alkanes) is 2.